The molecule has 0 aliphatic heterocycles. The molecule has 8 heteroatoms. The van der Waals surface area contributed by atoms with Crippen molar-refractivity contribution in [3.8, 4) is 5.75 Å². The minimum Gasteiger partial charge on any atom is -0.497 e. The van der Waals surface area contributed by atoms with E-state index in [1.54, 1.807) is 18.4 Å². The third-order valence-corrected chi connectivity index (χ3v) is 6.33. The number of Topliss-reactive ketones (excluding diaryl/α,β-unsaturated/α-hetero) is 1. The monoisotopic (exact) mass is 391 g/mol. The fourth-order valence-electron chi connectivity index (χ4n) is 2.26. The molecule has 3 rings (SSSR count). The van der Waals surface area contributed by atoms with Gasteiger partial charge in [-0.2, -0.15) is 0 Å². The Labute approximate surface area is 158 Å². The Hall–Kier alpha value is -1.90. The van der Waals surface area contributed by atoms with Gasteiger partial charge in [0.1, 0.15) is 5.75 Å². The number of hydrogen-bond acceptors (Lipinski definition) is 8. The zero-order valence-corrected chi connectivity index (χ0v) is 16.5. The Bertz CT molecular complexity index is 889. The van der Waals surface area contributed by atoms with Crippen LogP contribution in [0, 0.1) is 13.8 Å². The van der Waals surface area contributed by atoms with E-state index in [9.17, 15) is 4.79 Å². The maximum atomic E-state index is 12.3. The predicted octanol–water partition coefficient (Wildman–Crippen LogP) is 4.94. The number of ether oxygens (including phenoxy) is 1. The van der Waals surface area contributed by atoms with Gasteiger partial charge in [-0.25, -0.2) is 0 Å². The number of rotatable bonds is 7. The van der Waals surface area contributed by atoms with Gasteiger partial charge in [-0.3, -0.25) is 4.79 Å². The molecule has 0 bridgehead atoms. The van der Waals surface area contributed by atoms with Gasteiger partial charge in [0.05, 0.1) is 12.9 Å². The Morgan fingerprint density at radius 1 is 1.24 bits per heavy atom. The number of aryl methyl sites for hydroxylation is 2. The van der Waals surface area contributed by atoms with Crippen LogP contribution in [0.1, 0.15) is 20.1 Å². The standard InChI is InChI=1S/C17H17N3O2S3/c1-10-7-14(11(2)24-10)15(21)9-23-17-20-19-16(25-17)18-12-5-4-6-13(8-12)22-3/h4-8H,9H2,1-3H3,(H,18,19). The molecule has 0 amide bonds. The summed E-state index contributed by atoms with van der Waals surface area (Å²) in [6.45, 7) is 4.00. The minimum absolute atomic E-state index is 0.129. The highest BCUT2D eigenvalue weighted by molar-refractivity contribution is 8.01. The summed E-state index contributed by atoms with van der Waals surface area (Å²) in [7, 11) is 1.63. The lowest BCUT2D eigenvalue weighted by Gasteiger charge is -2.04. The van der Waals surface area contributed by atoms with Crippen molar-refractivity contribution in [3.63, 3.8) is 0 Å². The first-order valence-corrected chi connectivity index (χ1v) is 10.1. The van der Waals surface area contributed by atoms with Crippen LogP contribution in [0.5, 0.6) is 5.75 Å². The molecule has 2 aromatic heterocycles. The molecule has 25 heavy (non-hydrogen) atoms. The Morgan fingerprint density at radius 3 is 2.80 bits per heavy atom. The van der Waals surface area contributed by atoms with Crippen molar-refractivity contribution in [2.75, 3.05) is 18.2 Å². The molecule has 0 aliphatic rings. The number of thiophene rings is 1. The lowest BCUT2D eigenvalue weighted by atomic mass is 10.2. The van der Waals surface area contributed by atoms with Crippen LogP contribution >= 0.6 is 34.4 Å². The first kappa shape index (κ1) is 17.9. The largest absolute Gasteiger partial charge is 0.497 e. The lowest BCUT2D eigenvalue weighted by Crippen LogP contribution is -2.02. The third-order valence-electron chi connectivity index (χ3n) is 3.40. The maximum Gasteiger partial charge on any atom is 0.210 e. The number of aromatic nitrogens is 2. The molecule has 2 heterocycles. The van der Waals surface area contributed by atoms with Crippen LogP contribution in [0.25, 0.3) is 0 Å². The predicted molar refractivity (Wildman–Crippen MR) is 105 cm³/mol. The molecule has 0 aliphatic carbocycles. The summed E-state index contributed by atoms with van der Waals surface area (Å²) in [6, 6.07) is 9.56. The molecule has 0 fully saturated rings. The van der Waals surface area contributed by atoms with Gasteiger partial charge in [0.2, 0.25) is 5.13 Å². The number of thioether (sulfide) groups is 1. The second-order valence-electron chi connectivity index (χ2n) is 5.27. The van der Waals surface area contributed by atoms with Crippen LogP contribution in [0.15, 0.2) is 34.7 Å². The molecule has 0 unspecified atom stereocenters. The molecule has 0 saturated heterocycles. The van der Waals surface area contributed by atoms with Crippen molar-refractivity contribution in [1.82, 2.24) is 10.2 Å². The molecule has 3 aromatic rings. The third kappa shape index (κ3) is 4.59. The molecule has 0 saturated carbocycles. The van der Waals surface area contributed by atoms with Crippen LogP contribution in [0.3, 0.4) is 0 Å². The van der Waals surface area contributed by atoms with Gasteiger partial charge in [0, 0.05) is 27.1 Å². The molecular formula is C17H17N3O2S3. The van der Waals surface area contributed by atoms with E-state index < -0.39 is 0 Å². The molecular weight excluding hydrogens is 374 g/mol. The average Bonchev–Trinajstić information content (AvgIpc) is 3.18. The molecule has 0 spiro atoms. The van der Waals surface area contributed by atoms with Gasteiger partial charge >= 0.3 is 0 Å². The molecule has 5 nitrogen and oxygen atoms in total. The van der Waals surface area contributed by atoms with Gasteiger partial charge in [-0.1, -0.05) is 29.2 Å². The van der Waals surface area contributed by atoms with Gasteiger partial charge in [0.25, 0.3) is 0 Å². The number of nitrogens with one attached hydrogen (secondary N) is 1. The lowest BCUT2D eigenvalue weighted by molar-refractivity contribution is 0.102. The quantitative estimate of drug-likeness (QED) is 0.454. The second kappa shape index (κ2) is 7.99. The van der Waals surface area contributed by atoms with Gasteiger partial charge < -0.3 is 10.1 Å². The summed E-state index contributed by atoms with van der Waals surface area (Å²) in [5.74, 6) is 1.27. The zero-order valence-electron chi connectivity index (χ0n) is 14.0. The van der Waals surface area contributed by atoms with Crippen molar-refractivity contribution in [2.45, 2.75) is 18.2 Å². The number of carbonyl (C=O) groups excluding carboxylic acids is 1. The highest BCUT2D eigenvalue weighted by atomic mass is 32.2. The van der Waals surface area contributed by atoms with Crippen molar-refractivity contribution < 1.29 is 9.53 Å². The average molecular weight is 392 g/mol. The first-order valence-electron chi connectivity index (χ1n) is 7.53. The van der Waals surface area contributed by atoms with E-state index in [0.717, 1.165) is 31.1 Å². The Kier molecular flexibility index (Phi) is 5.72. The van der Waals surface area contributed by atoms with Crippen molar-refractivity contribution in [1.29, 1.82) is 0 Å². The Morgan fingerprint density at radius 2 is 2.08 bits per heavy atom. The van der Waals surface area contributed by atoms with Crippen molar-refractivity contribution >= 4 is 51.0 Å². The molecule has 130 valence electrons. The van der Waals surface area contributed by atoms with Crippen molar-refractivity contribution in [2.24, 2.45) is 0 Å². The minimum atomic E-state index is 0.129. The molecule has 0 atom stereocenters. The van der Waals surface area contributed by atoms with Crippen LogP contribution in [0.2, 0.25) is 0 Å². The van der Waals surface area contributed by atoms with Crippen LogP contribution in [-0.2, 0) is 0 Å². The summed E-state index contributed by atoms with van der Waals surface area (Å²) in [5.41, 5.74) is 1.70. The second-order valence-corrected chi connectivity index (χ2v) is 8.93. The van der Waals surface area contributed by atoms with E-state index in [1.165, 1.54) is 23.1 Å². The molecule has 1 N–H and O–H groups in total. The van der Waals surface area contributed by atoms with E-state index in [1.807, 2.05) is 44.2 Å². The fourth-order valence-corrected chi connectivity index (χ4v) is 4.85. The van der Waals surface area contributed by atoms with E-state index in [4.69, 9.17) is 4.74 Å². The number of benzene rings is 1. The summed E-state index contributed by atoms with van der Waals surface area (Å²) in [4.78, 5) is 14.6. The normalized spacial score (nSPS) is 10.7. The number of methoxy groups -OCH3 is 1. The fraction of sp³-hybridized carbons (Fsp3) is 0.235. The summed E-state index contributed by atoms with van der Waals surface area (Å²) in [6.07, 6.45) is 0. The van der Waals surface area contributed by atoms with E-state index in [0.29, 0.717) is 10.9 Å². The number of anilines is 2. The van der Waals surface area contributed by atoms with E-state index >= 15 is 0 Å². The van der Waals surface area contributed by atoms with Gasteiger partial charge in [-0.05, 0) is 32.0 Å². The molecule has 0 radical (unpaired) electrons. The van der Waals surface area contributed by atoms with Crippen LogP contribution in [-0.4, -0.2) is 28.8 Å². The van der Waals surface area contributed by atoms with Crippen LogP contribution < -0.4 is 10.1 Å². The first-order chi connectivity index (χ1) is 12.0. The number of ketones is 1. The highest BCUT2D eigenvalue weighted by Crippen LogP contribution is 2.30. The van der Waals surface area contributed by atoms with E-state index in [2.05, 4.69) is 15.5 Å². The highest BCUT2D eigenvalue weighted by Gasteiger charge is 2.14. The number of nitrogens with zero attached hydrogens (tertiary/aromatic N) is 2. The summed E-state index contributed by atoms with van der Waals surface area (Å²) in [5, 5.41) is 12.1. The zero-order chi connectivity index (χ0) is 17.8. The smallest absolute Gasteiger partial charge is 0.210 e. The van der Waals surface area contributed by atoms with Crippen molar-refractivity contribution in [3.05, 3.63) is 45.6 Å². The van der Waals surface area contributed by atoms with Gasteiger partial charge in [-0.15, -0.1) is 21.5 Å². The number of hydrogen-bond donors (Lipinski definition) is 1. The van der Waals surface area contributed by atoms with E-state index in [-0.39, 0.29) is 5.78 Å². The van der Waals surface area contributed by atoms with Crippen LogP contribution in [0.4, 0.5) is 10.8 Å². The maximum absolute atomic E-state index is 12.3. The Balaban J connectivity index is 1.60. The van der Waals surface area contributed by atoms with Gasteiger partial charge in [0.15, 0.2) is 10.1 Å². The SMILES string of the molecule is COc1cccc(Nc2nnc(SCC(=O)c3cc(C)sc3C)s2)c1. The topological polar surface area (TPSA) is 64.1 Å². The summed E-state index contributed by atoms with van der Waals surface area (Å²) >= 11 is 4.49. The molecule has 1 aromatic carbocycles. The number of carbonyl (C=O) groups is 1. The summed E-state index contributed by atoms with van der Waals surface area (Å²) < 4.78 is 5.97.